The lowest BCUT2D eigenvalue weighted by Gasteiger charge is -2.24. The number of halogens is 1. The molecule has 1 aromatic carbocycles. The van der Waals surface area contributed by atoms with Gasteiger partial charge < -0.3 is 5.11 Å². The number of hydrogen-bond acceptors (Lipinski definition) is 1. The Hall–Kier alpha value is -0.530. The van der Waals surface area contributed by atoms with Gasteiger partial charge in [-0.3, -0.25) is 0 Å². The molecular formula is C17H23ClO. The van der Waals surface area contributed by atoms with Gasteiger partial charge in [-0.1, -0.05) is 30.2 Å². The summed E-state index contributed by atoms with van der Waals surface area (Å²) < 4.78 is 0. The van der Waals surface area contributed by atoms with Crippen molar-refractivity contribution in [3.63, 3.8) is 0 Å². The van der Waals surface area contributed by atoms with Crippen LogP contribution in [0.25, 0.3) is 0 Å². The molecule has 0 heterocycles. The fraction of sp³-hybridized carbons (Fsp3) is 0.647. The highest BCUT2D eigenvalue weighted by Crippen LogP contribution is 2.50. The van der Waals surface area contributed by atoms with Crippen LogP contribution in [0.3, 0.4) is 0 Å². The fourth-order valence-corrected chi connectivity index (χ4v) is 4.48. The van der Waals surface area contributed by atoms with Gasteiger partial charge in [0.25, 0.3) is 0 Å². The predicted octanol–water partition coefficient (Wildman–Crippen LogP) is 4.38. The maximum absolute atomic E-state index is 10.3. The summed E-state index contributed by atoms with van der Waals surface area (Å²) in [7, 11) is 0. The molecule has 1 nitrogen and oxygen atoms in total. The van der Waals surface area contributed by atoms with Gasteiger partial charge >= 0.3 is 0 Å². The zero-order chi connectivity index (χ0) is 13.4. The Labute approximate surface area is 121 Å². The minimum Gasteiger partial charge on any atom is -0.393 e. The van der Waals surface area contributed by atoms with Crippen LogP contribution in [0.1, 0.15) is 43.2 Å². The van der Waals surface area contributed by atoms with Crippen LogP contribution in [0.5, 0.6) is 0 Å². The van der Waals surface area contributed by atoms with Crippen molar-refractivity contribution >= 4 is 11.6 Å². The summed E-state index contributed by atoms with van der Waals surface area (Å²) in [4.78, 5) is 0. The Kier molecular flexibility index (Phi) is 3.86. The van der Waals surface area contributed by atoms with E-state index in [0.29, 0.717) is 6.42 Å². The lowest BCUT2D eigenvalue weighted by molar-refractivity contribution is 0.124. The molecule has 2 fully saturated rings. The second-order valence-electron chi connectivity index (χ2n) is 6.62. The molecule has 1 aromatic rings. The summed E-state index contributed by atoms with van der Waals surface area (Å²) in [6, 6.07) is 6.12. The number of fused-ring (bicyclic) bond motifs is 2. The lowest BCUT2D eigenvalue weighted by Crippen LogP contribution is -2.20. The molecule has 2 aliphatic carbocycles. The molecule has 0 amide bonds. The summed E-state index contributed by atoms with van der Waals surface area (Å²) >= 11 is 6.24. The standard InChI is InChI=1S/C17H23ClO/c1-11-2-4-14(17(18)6-11)9-16(19)10-15-8-12-3-5-13(15)7-12/h2,4,6,12-13,15-16,19H,3,5,7-10H2,1H3. The van der Waals surface area contributed by atoms with Crippen molar-refractivity contribution < 1.29 is 5.11 Å². The third kappa shape index (κ3) is 2.98. The zero-order valence-electron chi connectivity index (χ0n) is 11.6. The molecule has 104 valence electrons. The minimum atomic E-state index is -0.232. The number of benzene rings is 1. The highest BCUT2D eigenvalue weighted by molar-refractivity contribution is 6.31. The van der Waals surface area contributed by atoms with Crippen molar-refractivity contribution in [2.75, 3.05) is 0 Å². The van der Waals surface area contributed by atoms with E-state index in [2.05, 4.69) is 12.1 Å². The van der Waals surface area contributed by atoms with E-state index in [4.69, 9.17) is 11.6 Å². The first-order valence-corrected chi connectivity index (χ1v) is 7.92. The van der Waals surface area contributed by atoms with Gasteiger partial charge in [0.1, 0.15) is 0 Å². The minimum absolute atomic E-state index is 0.232. The molecule has 0 spiro atoms. The maximum atomic E-state index is 10.3. The summed E-state index contributed by atoms with van der Waals surface area (Å²) in [5.41, 5.74) is 2.26. The average molecular weight is 279 g/mol. The Bertz CT molecular complexity index is 457. The molecule has 2 bridgehead atoms. The van der Waals surface area contributed by atoms with Gasteiger partial charge in [0.05, 0.1) is 6.10 Å². The molecule has 2 saturated carbocycles. The first kappa shape index (κ1) is 13.5. The molecule has 19 heavy (non-hydrogen) atoms. The van der Waals surface area contributed by atoms with Gasteiger partial charge in [0.15, 0.2) is 0 Å². The molecule has 4 atom stereocenters. The van der Waals surface area contributed by atoms with Crippen LogP contribution in [0, 0.1) is 24.7 Å². The number of aryl methyl sites for hydroxylation is 1. The topological polar surface area (TPSA) is 20.2 Å². The molecular weight excluding hydrogens is 256 g/mol. The first-order valence-electron chi connectivity index (χ1n) is 7.55. The lowest BCUT2D eigenvalue weighted by atomic mass is 9.84. The summed E-state index contributed by atoms with van der Waals surface area (Å²) in [5, 5.41) is 11.1. The van der Waals surface area contributed by atoms with Crippen molar-refractivity contribution in [3.05, 3.63) is 34.3 Å². The van der Waals surface area contributed by atoms with Gasteiger partial charge in [0, 0.05) is 5.02 Å². The number of aliphatic hydroxyl groups excluding tert-OH is 1. The van der Waals surface area contributed by atoms with E-state index >= 15 is 0 Å². The van der Waals surface area contributed by atoms with Crippen molar-refractivity contribution in [1.29, 1.82) is 0 Å². The molecule has 0 radical (unpaired) electrons. The molecule has 2 aliphatic rings. The Morgan fingerprint density at radius 2 is 2.16 bits per heavy atom. The van der Waals surface area contributed by atoms with E-state index in [0.717, 1.165) is 34.8 Å². The van der Waals surface area contributed by atoms with Crippen LogP contribution in [0.15, 0.2) is 18.2 Å². The van der Waals surface area contributed by atoms with Crippen LogP contribution in [0.4, 0.5) is 0 Å². The normalized spacial score (nSPS) is 30.8. The Morgan fingerprint density at radius 1 is 1.32 bits per heavy atom. The Morgan fingerprint density at radius 3 is 2.79 bits per heavy atom. The van der Waals surface area contributed by atoms with E-state index in [1.54, 1.807) is 0 Å². The van der Waals surface area contributed by atoms with Gasteiger partial charge in [-0.25, -0.2) is 0 Å². The first-order chi connectivity index (χ1) is 9.11. The van der Waals surface area contributed by atoms with E-state index in [1.165, 1.54) is 31.2 Å². The molecule has 3 rings (SSSR count). The molecule has 0 aromatic heterocycles. The second-order valence-corrected chi connectivity index (χ2v) is 7.03. The van der Waals surface area contributed by atoms with E-state index < -0.39 is 0 Å². The Balaban J connectivity index is 1.57. The van der Waals surface area contributed by atoms with Crippen LogP contribution >= 0.6 is 11.6 Å². The van der Waals surface area contributed by atoms with Crippen molar-refractivity contribution in [2.45, 2.75) is 51.6 Å². The second kappa shape index (κ2) is 5.46. The van der Waals surface area contributed by atoms with Gasteiger partial charge in [-0.05, 0) is 74.0 Å². The molecule has 1 N–H and O–H groups in total. The van der Waals surface area contributed by atoms with Crippen molar-refractivity contribution in [3.8, 4) is 0 Å². The number of rotatable bonds is 4. The van der Waals surface area contributed by atoms with E-state index in [9.17, 15) is 5.11 Å². The molecule has 0 aliphatic heterocycles. The molecule has 2 heteroatoms. The van der Waals surface area contributed by atoms with Crippen LogP contribution in [-0.2, 0) is 6.42 Å². The van der Waals surface area contributed by atoms with Crippen LogP contribution in [-0.4, -0.2) is 11.2 Å². The molecule has 0 saturated heterocycles. The number of hydrogen-bond donors (Lipinski definition) is 1. The van der Waals surface area contributed by atoms with Crippen LogP contribution < -0.4 is 0 Å². The van der Waals surface area contributed by atoms with E-state index in [-0.39, 0.29) is 6.10 Å². The quantitative estimate of drug-likeness (QED) is 0.867. The highest BCUT2D eigenvalue weighted by Gasteiger charge is 2.39. The maximum Gasteiger partial charge on any atom is 0.0583 e. The summed E-state index contributed by atoms with van der Waals surface area (Å²) in [6.45, 7) is 2.04. The third-order valence-electron chi connectivity index (χ3n) is 5.12. The fourth-order valence-electron chi connectivity index (χ4n) is 4.17. The summed E-state index contributed by atoms with van der Waals surface area (Å²) in [6.07, 6.45) is 7.03. The highest BCUT2D eigenvalue weighted by atomic mass is 35.5. The van der Waals surface area contributed by atoms with Crippen LogP contribution in [0.2, 0.25) is 5.02 Å². The van der Waals surface area contributed by atoms with E-state index in [1.807, 2.05) is 13.0 Å². The van der Waals surface area contributed by atoms with Gasteiger partial charge in [-0.2, -0.15) is 0 Å². The van der Waals surface area contributed by atoms with Gasteiger partial charge in [-0.15, -0.1) is 0 Å². The summed E-state index contributed by atoms with van der Waals surface area (Å²) in [5.74, 6) is 2.62. The van der Waals surface area contributed by atoms with Crippen molar-refractivity contribution in [2.24, 2.45) is 17.8 Å². The third-order valence-corrected chi connectivity index (χ3v) is 5.48. The SMILES string of the molecule is Cc1ccc(CC(O)CC2CC3CCC2C3)c(Cl)c1. The predicted molar refractivity (Wildman–Crippen MR) is 79.5 cm³/mol. The van der Waals surface area contributed by atoms with Crippen molar-refractivity contribution in [1.82, 2.24) is 0 Å². The largest absolute Gasteiger partial charge is 0.393 e. The molecule has 4 unspecified atom stereocenters. The monoisotopic (exact) mass is 278 g/mol. The average Bonchev–Trinajstić information content (AvgIpc) is 2.95. The smallest absolute Gasteiger partial charge is 0.0583 e. The zero-order valence-corrected chi connectivity index (χ0v) is 12.4. The number of aliphatic hydroxyl groups is 1. The van der Waals surface area contributed by atoms with Gasteiger partial charge in [0.2, 0.25) is 0 Å².